The van der Waals surface area contributed by atoms with Crippen molar-refractivity contribution < 1.29 is 4.39 Å². The topological polar surface area (TPSA) is 23.8 Å². The lowest BCUT2D eigenvalue weighted by atomic mass is 10.1. The van der Waals surface area contributed by atoms with Crippen LogP contribution >= 0.6 is 0 Å². The summed E-state index contributed by atoms with van der Waals surface area (Å²) in [5.74, 6) is -0.233. The van der Waals surface area contributed by atoms with Crippen LogP contribution < -0.4 is 0 Å². The Morgan fingerprint density at radius 2 is 2.23 bits per heavy atom. The van der Waals surface area contributed by atoms with Gasteiger partial charge >= 0.3 is 0 Å². The first-order valence-corrected chi connectivity index (χ1v) is 3.98. The number of benzene rings is 1. The highest BCUT2D eigenvalue weighted by Crippen LogP contribution is 2.16. The van der Waals surface area contributed by atoms with E-state index in [-0.39, 0.29) is 5.82 Å². The van der Waals surface area contributed by atoms with Crippen LogP contribution in [0.1, 0.15) is 18.1 Å². The Labute approximate surface area is 77.1 Å². The Morgan fingerprint density at radius 3 is 2.77 bits per heavy atom. The summed E-state index contributed by atoms with van der Waals surface area (Å²) in [7, 11) is 0. The maximum absolute atomic E-state index is 13.1. The summed E-state index contributed by atoms with van der Waals surface area (Å²) < 4.78 is 13.1. The quantitative estimate of drug-likeness (QED) is 0.602. The van der Waals surface area contributed by atoms with Gasteiger partial charge in [0.25, 0.3) is 0 Å². The van der Waals surface area contributed by atoms with E-state index in [1.165, 1.54) is 12.1 Å². The van der Waals surface area contributed by atoms with Gasteiger partial charge < -0.3 is 0 Å². The summed E-state index contributed by atoms with van der Waals surface area (Å²) in [6.45, 7) is 3.50. The van der Waals surface area contributed by atoms with Gasteiger partial charge in [0.2, 0.25) is 0 Å². The lowest BCUT2D eigenvalue weighted by molar-refractivity contribution is 0.618. The number of hydrogen-bond donors (Lipinski definition) is 0. The predicted octanol–water partition coefficient (Wildman–Crippen LogP) is 3.06. The van der Waals surface area contributed by atoms with Crippen LogP contribution in [-0.4, -0.2) is 0 Å². The Morgan fingerprint density at radius 1 is 1.54 bits per heavy atom. The summed E-state index contributed by atoms with van der Waals surface area (Å²) in [4.78, 5) is 0. The molecule has 0 saturated heterocycles. The van der Waals surface area contributed by atoms with Gasteiger partial charge in [0.15, 0.2) is 0 Å². The van der Waals surface area contributed by atoms with Crippen LogP contribution in [0.3, 0.4) is 0 Å². The van der Waals surface area contributed by atoms with Crippen molar-refractivity contribution in [3.05, 3.63) is 41.2 Å². The maximum atomic E-state index is 13.1. The third-order valence-electron chi connectivity index (χ3n) is 1.91. The van der Waals surface area contributed by atoms with E-state index < -0.39 is 0 Å². The van der Waals surface area contributed by atoms with Crippen LogP contribution in [0, 0.1) is 24.1 Å². The number of halogens is 1. The second-order valence-corrected chi connectivity index (χ2v) is 2.92. The zero-order chi connectivity index (χ0) is 9.84. The molecule has 0 aliphatic rings. The molecule has 2 heteroatoms. The Hall–Kier alpha value is -1.62. The lowest BCUT2D eigenvalue weighted by Crippen LogP contribution is -1.85. The molecule has 0 bridgehead atoms. The van der Waals surface area contributed by atoms with Crippen molar-refractivity contribution in [2.75, 3.05) is 0 Å². The maximum Gasteiger partial charge on any atom is 0.126 e. The molecule has 66 valence electrons. The molecule has 0 unspecified atom stereocenters. The lowest BCUT2D eigenvalue weighted by Gasteiger charge is -2.01. The number of hydrogen-bond acceptors (Lipinski definition) is 1. The third kappa shape index (κ3) is 2.16. The van der Waals surface area contributed by atoms with E-state index in [1.54, 1.807) is 19.9 Å². The second-order valence-electron chi connectivity index (χ2n) is 2.92. The Kier molecular flexibility index (Phi) is 2.81. The Bertz CT molecular complexity index is 386. The van der Waals surface area contributed by atoms with Crippen molar-refractivity contribution in [3.63, 3.8) is 0 Å². The van der Waals surface area contributed by atoms with Gasteiger partial charge in [-0.05, 0) is 36.6 Å². The van der Waals surface area contributed by atoms with Gasteiger partial charge in [-0.2, -0.15) is 5.26 Å². The fraction of sp³-hybridized carbons (Fsp3) is 0.182. The van der Waals surface area contributed by atoms with E-state index in [4.69, 9.17) is 5.26 Å². The molecule has 0 N–H and O–H groups in total. The molecule has 0 saturated carbocycles. The number of rotatable bonds is 1. The van der Waals surface area contributed by atoms with Gasteiger partial charge in [-0.15, -0.1) is 0 Å². The molecule has 0 atom stereocenters. The molecule has 0 aliphatic heterocycles. The van der Waals surface area contributed by atoms with Gasteiger partial charge in [-0.3, -0.25) is 0 Å². The molecule has 1 nitrogen and oxygen atoms in total. The standard InChI is InChI=1S/C11H10FN/c1-8(5-6-13)10-4-3-9(2)11(12)7-10/h3-5,7H,1-2H3. The largest absolute Gasteiger partial charge is 0.207 e. The van der Waals surface area contributed by atoms with Gasteiger partial charge in [-0.25, -0.2) is 4.39 Å². The average Bonchev–Trinajstić information content (AvgIpc) is 2.10. The van der Waals surface area contributed by atoms with Crippen molar-refractivity contribution in [2.45, 2.75) is 13.8 Å². The first kappa shape index (κ1) is 9.47. The molecule has 1 aromatic rings. The molecule has 0 amide bonds. The predicted molar refractivity (Wildman–Crippen MR) is 50.4 cm³/mol. The first-order chi connectivity index (χ1) is 6.15. The monoisotopic (exact) mass is 175 g/mol. The molecular formula is C11H10FN. The highest BCUT2D eigenvalue weighted by atomic mass is 19.1. The zero-order valence-electron chi connectivity index (χ0n) is 7.63. The summed E-state index contributed by atoms with van der Waals surface area (Å²) in [5.41, 5.74) is 2.15. The van der Waals surface area contributed by atoms with E-state index >= 15 is 0 Å². The summed E-state index contributed by atoms with van der Waals surface area (Å²) >= 11 is 0. The molecule has 1 rings (SSSR count). The van der Waals surface area contributed by atoms with Crippen LogP contribution in [-0.2, 0) is 0 Å². The van der Waals surface area contributed by atoms with E-state index in [9.17, 15) is 4.39 Å². The minimum absolute atomic E-state index is 0.233. The molecule has 13 heavy (non-hydrogen) atoms. The molecule has 0 fully saturated rings. The molecular weight excluding hydrogens is 165 g/mol. The third-order valence-corrected chi connectivity index (χ3v) is 1.91. The Balaban J connectivity index is 3.13. The average molecular weight is 175 g/mol. The van der Waals surface area contributed by atoms with Gasteiger partial charge in [0.1, 0.15) is 5.82 Å². The highest BCUT2D eigenvalue weighted by Gasteiger charge is 2.00. The van der Waals surface area contributed by atoms with Crippen LogP contribution in [0.4, 0.5) is 4.39 Å². The molecule has 0 spiro atoms. The first-order valence-electron chi connectivity index (χ1n) is 3.98. The van der Waals surface area contributed by atoms with Crippen molar-refractivity contribution >= 4 is 5.57 Å². The molecule has 0 aromatic heterocycles. The van der Waals surface area contributed by atoms with Gasteiger partial charge in [-0.1, -0.05) is 12.1 Å². The summed E-state index contributed by atoms with van der Waals surface area (Å²) in [6, 6.07) is 6.87. The molecule has 0 aliphatic carbocycles. The van der Waals surface area contributed by atoms with Crippen molar-refractivity contribution in [1.29, 1.82) is 5.26 Å². The van der Waals surface area contributed by atoms with Crippen molar-refractivity contribution in [3.8, 4) is 6.07 Å². The smallest absolute Gasteiger partial charge is 0.126 e. The van der Waals surface area contributed by atoms with Crippen LogP contribution in [0.5, 0.6) is 0 Å². The fourth-order valence-corrected chi connectivity index (χ4v) is 1.02. The minimum atomic E-state index is -0.233. The molecule has 0 radical (unpaired) electrons. The molecule has 1 aromatic carbocycles. The molecule has 0 heterocycles. The van der Waals surface area contributed by atoms with Gasteiger partial charge in [0.05, 0.1) is 6.07 Å². The second kappa shape index (κ2) is 3.86. The van der Waals surface area contributed by atoms with Gasteiger partial charge in [0, 0.05) is 6.08 Å². The minimum Gasteiger partial charge on any atom is -0.207 e. The van der Waals surface area contributed by atoms with Crippen molar-refractivity contribution in [2.24, 2.45) is 0 Å². The zero-order valence-corrected chi connectivity index (χ0v) is 7.63. The van der Waals surface area contributed by atoms with E-state index in [1.807, 2.05) is 12.1 Å². The number of aryl methyl sites for hydroxylation is 1. The SMILES string of the molecule is CC(=CC#N)c1ccc(C)c(F)c1. The summed E-state index contributed by atoms with van der Waals surface area (Å²) in [6.07, 6.45) is 1.41. The number of allylic oxidation sites excluding steroid dienone is 2. The van der Waals surface area contributed by atoms with E-state index in [2.05, 4.69) is 0 Å². The van der Waals surface area contributed by atoms with Crippen LogP contribution in [0.25, 0.3) is 5.57 Å². The van der Waals surface area contributed by atoms with Crippen LogP contribution in [0.2, 0.25) is 0 Å². The van der Waals surface area contributed by atoms with Crippen LogP contribution in [0.15, 0.2) is 24.3 Å². The number of nitrogens with zero attached hydrogens (tertiary/aromatic N) is 1. The highest BCUT2D eigenvalue weighted by molar-refractivity contribution is 5.65. The van der Waals surface area contributed by atoms with Crippen molar-refractivity contribution in [1.82, 2.24) is 0 Å². The number of nitriles is 1. The normalized spacial score (nSPS) is 11.1. The van der Waals surface area contributed by atoms with E-state index in [0.29, 0.717) is 5.56 Å². The summed E-state index contributed by atoms with van der Waals surface area (Å²) in [5, 5.41) is 8.40. The fourth-order valence-electron chi connectivity index (χ4n) is 1.02. The van der Waals surface area contributed by atoms with E-state index in [0.717, 1.165) is 11.1 Å².